The Balaban J connectivity index is 2.27. The van der Waals surface area contributed by atoms with Crippen molar-refractivity contribution in [1.29, 1.82) is 0 Å². The van der Waals surface area contributed by atoms with Crippen molar-refractivity contribution in [2.24, 2.45) is 0 Å². The van der Waals surface area contributed by atoms with Crippen molar-refractivity contribution in [3.05, 3.63) is 39.7 Å². The highest BCUT2D eigenvalue weighted by molar-refractivity contribution is 5.81. The van der Waals surface area contributed by atoms with E-state index in [9.17, 15) is 18.4 Å². The van der Waals surface area contributed by atoms with E-state index in [0.717, 1.165) is 19.8 Å². The van der Waals surface area contributed by atoms with Crippen molar-refractivity contribution in [3.63, 3.8) is 0 Å². The number of hydrogen-bond acceptors (Lipinski definition) is 3. The summed E-state index contributed by atoms with van der Waals surface area (Å²) in [6.07, 6.45) is 1.20. The lowest BCUT2D eigenvalue weighted by Crippen LogP contribution is -2.22. The van der Waals surface area contributed by atoms with E-state index < -0.39 is 23.7 Å². The predicted molar refractivity (Wildman–Crippen MR) is 75.2 cm³/mol. The van der Waals surface area contributed by atoms with Crippen molar-refractivity contribution in [2.75, 3.05) is 0 Å². The largest absolute Gasteiger partial charge is 0.481 e. The first-order chi connectivity index (χ1) is 10.3. The van der Waals surface area contributed by atoms with Crippen LogP contribution in [0.2, 0.25) is 0 Å². The number of carbonyl (C=O) groups is 1. The molecule has 1 aromatic heterocycles. The summed E-state index contributed by atoms with van der Waals surface area (Å²) in [7, 11) is 0. The molecule has 116 valence electrons. The molecule has 0 amide bonds. The number of fused-ring (bicyclic) bond motifs is 1. The monoisotopic (exact) mass is 308 g/mol. The summed E-state index contributed by atoms with van der Waals surface area (Å²) in [6, 6.07) is 3.84. The Labute approximate surface area is 124 Å². The van der Waals surface area contributed by atoms with Gasteiger partial charge in [-0.25, -0.2) is 8.78 Å². The highest BCUT2D eigenvalue weighted by Crippen LogP contribution is 2.37. The number of aromatic nitrogens is 2. The average Bonchev–Trinajstić information content (AvgIpc) is 3.24. The van der Waals surface area contributed by atoms with Crippen LogP contribution in [-0.4, -0.2) is 20.9 Å². The van der Waals surface area contributed by atoms with Crippen LogP contribution in [0.15, 0.2) is 23.0 Å². The van der Waals surface area contributed by atoms with Gasteiger partial charge in [-0.15, -0.1) is 0 Å². The number of carboxylic acid groups (broad SMARTS) is 1. The lowest BCUT2D eigenvalue weighted by atomic mass is 10.1. The summed E-state index contributed by atoms with van der Waals surface area (Å²) in [5.74, 6) is -4.17. The number of nitrogens with zero attached hydrogens (tertiary/aromatic N) is 2. The quantitative estimate of drug-likeness (QED) is 0.942. The minimum Gasteiger partial charge on any atom is -0.481 e. The van der Waals surface area contributed by atoms with Gasteiger partial charge in [0.05, 0.1) is 18.0 Å². The van der Waals surface area contributed by atoms with E-state index in [2.05, 4.69) is 5.10 Å². The highest BCUT2D eigenvalue weighted by Gasteiger charge is 2.29. The maximum absolute atomic E-state index is 13.5. The molecule has 1 aliphatic rings. The molecule has 5 nitrogen and oxygen atoms in total. The second kappa shape index (κ2) is 4.86. The maximum atomic E-state index is 13.5. The van der Waals surface area contributed by atoms with E-state index in [-0.39, 0.29) is 22.7 Å². The molecule has 1 aliphatic carbocycles. The molecule has 1 saturated carbocycles. The standard InChI is InChI=1S/C15H14F2N2O3/c1-15(16,17)8-2-5-10-12(6-8)19(9-3-4-9)18-11(14(10)22)7-13(20)21/h2,5-6,9H,3-4,7H2,1H3,(H,20,21). The van der Waals surface area contributed by atoms with Crippen LogP contribution in [0, 0.1) is 0 Å². The smallest absolute Gasteiger partial charge is 0.309 e. The van der Waals surface area contributed by atoms with Gasteiger partial charge in [-0.1, -0.05) is 6.07 Å². The van der Waals surface area contributed by atoms with Crippen LogP contribution >= 0.6 is 0 Å². The Morgan fingerprint density at radius 1 is 1.45 bits per heavy atom. The Morgan fingerprint density at radius 3 is 2.68 bits per heavy atom. The SMILES string of the molecule is CC(F)(F)c1ccc2c(=O)c(CC(=O)O)nn(C3CC3)c2c1. The molecular formula is C15H14F2N2O3. The molecule has 0 spiro atoms. The first kappa shape index (κ1) is 14.6. The van der Waals surface area contributed by atoms with Crippen molar-refractivity contribution in [3.8, 4) is 0 Å². The van der Waals surface area contributed by atoms with Gasteiger partial charge in [0, 0.05) is 17.9 Å². The van der Waals surface area contributed by atoms with Crippen molar-refractivity contribution < 1.29 is 18.7 Å². The van der Waals surface area contributed by atoms with Gasteiger partial charge in [0.1, 0.15) is 5.69 Å². The summed E-state index contributed by atoms with van der Waals surface area (Å²) in [4.78, 5) is 23.1. The van der Waals surface area contributed by atoms with E-state index >= 15 is 0 Å². The number of carboxylic acids is 1. The third-order valence-electron chi connectivity index (χ3n) is 3.70. The van der Waals surface area contributed by atoms with Gasteiger partial charge in [-0.3, -0.25) is 14.3 Å². The second-order valence-corrected chi connectivity index (χ2v) is 5.64. The topological polar surface area (TPSA) is 72.2 Å². The fraction of sp³-hybridized carbons (Fsp3) is 0.400. The van der Waals surface area contributed by atoms with Crippen LogP contribution in [0.4, 0.5) is 8.78 Å². The van der Waals surface area contributed by atoms with Gasteiger partial charge >= 0.3 is 5.97 Å². The van der Waals surface area contributed by atoms with E-state index in [1.807, 2.05) is 0 Å². The van der Waals surface area contributed by atoms with Crippen LogP contribution in [0.1, 0.15) is 37.1 Å². The van der Waals surface area contributed by atoms with Gasteiger partial charge in [-0.2, -0.15) is 5.10 Å². The fourth-order valence-corrected chi connectivity index (χ4v) is 2.43. The van der Waals surface area contributed by atoms with Crippen LogP contribution in [0.5, 0.6) is 0 Å². The van der Waals surface area contributed by atoms with Crippen LogP contribution in [-0.2, 0) is 17.1 Å². The van der Waals surface area contributed by atoms with Crippen molar-refractivity contribution in [2.45, 2.75) is 38.2 Å². The Morgan fingerprint density at radius 2 is 2.14 bits per heavy atom. The van der Waals surface area contributed by atoms with Gasteiger partial charge in [-0.05, 0) is 25.0 Å². The minimum absolute atomic E-state index is 0.0383. The van der Waals surface area contributed by atoms with E-state index in [0.29, 0.717) is 5.52 Å². The van der Waals surface area contributed by atoms with Crippen LogP contribution in [0.3, 0.4) is 0 Å². The normalized spacial score (nSPS) is 15.2. The molecule has 0 saturated heterocycles. The zero-order chi connectivity index (χ0) is 16.1. The minimum atomic E-state index is -3.02. The molecule has 2 aromatic rings. The molecule has 0 atom stereocenters. The molecule has 1 heterocycles. The van der Waals surface area contributed by atoms with E-state index in [1.165, 1.54) is 22.9 Å². The number of hydrogen-bond donors (Lipinski definition) is 1. The van der Waals surface area contributed by atoms with Gasteiger partial charge in [0.2, 0.25) is 5.43 Å². The number of alkyl halides is 2. The number of benzene rings is 1. The van der Waals surface area contributed by atoms with Gasteiger partial charge in [0.25, 0.3) is 5.92 Å². The molecule has 1 aromatic carbocycles. The second-order valence-electron chi connectivity index (χ2n) is 5.64. The molecule has 0 aliphatic heterocycles. The Hall–Kier alpha value is -2.31. The van der Waals surface area contributed by atoms with Gasteiger partial charge in [0.15, 0.2) is 0 Å². The average molecular weight is 308 g/mol. The van der Waals surface area contributed by atoms with Crippen molar-refractivity contribution >= 4 is 16.9 Å². The Kier molecular flexibility index (Phi) is 3.23. The summed E-state index contributed by atoms with van der Waals surface area (Å²) < 4.78 is 28.5. The van der Waals surface area contributed by atoms with E-state index in [4.69, 9.17) is 5.11 Å². The molecule has 7 heteroatoms. The lowest BCUT2D eigenvalue weighted by Gasteiger charge is -2.15. The third-order valence-corrected chi connectivity index (χ3v) is 3.70. The summed E-state index contributed by atoms with van der Waals surface area (Å²) in [6.45, 7) is 0.792. The molecule has 0 radical (unpaired) electrons. The first-order valence-electron chi connectivity index (χ1n) is 6.93. The number of rotatable bonds is 4. The summed E-state index contributed by atoms with van der Waals surface area (Å²) in [5.41, 5.74) is -0.439. The highest BCUT2D eigenvalue weighted by atomic mass is 19.3. The number of aliphatic carboxylic acids is 1. The molecule has 0 bridgehead atoms. The molecule has 1 fully saturated rings. The third kappa shape index (κ3) is 2.58. The van der Waals surface area contributed by atoms with Gasteiger partial charge < -0.3 is 5.11 Å². The van der Waals surface area contributed by atoms with Crippen LogP contribution < -0.4 is 5.43 Å². The first-order valence-corrected chi connectivity index (χ1v) is 6.93. The summed E-state index contributed by atoms with van der Waals surface area (Å²) >= 11 is 0. The predicted octanol–water partition coefficient (Wildman–Crippen LogP) is 2.47. The Bertz CT molecular complexity index is 820. The zero-order valence-corrected chi connectivity index (χ0v) is 11.8. The molecular weight excluding hydrogens is 294 g/mol. The molecule has 0 unspecified atom stereocenters. The molecule has 22 heavy (non-hydrogen) atoms. The molecule has 1 N–H and O–H groups in total. The van der Waals surface area contributed by atoms with Crippen LogP contribution in [0.25, 0.3) is 10.9 Å². The van der Waals surface area contributed by atoms with Crippen molar-refractivity contribution in [1.82, 2.24) is 9.78 Å². The molecule has 3 rings (SSSR count). The zero-order valence-electron chi connectivity index (χ0n) is 11.8. The summed E-state index contributed by atoms with van der Waals surface area (Å²) in [5, 5.41) is 13.2. The maximum Gasteiger partial charge on any atom is 0.309 e. The number of halogens is 2. The van der Waals surface area contributed by atoms with E-state index in [1.54, 1.807) is 0 Å². The fourth-order valence-electron chi connectivity index (χ4n) is 2.43. The lowest BCUT2D eigenvalue weighted by molar-refractivity contribution is -0.136.